The molecule has 0 saturated heterocycles. The molecule has 8 aromatic carbocycles. The Morgan fingerprint density at radius 3 is 1.05 bits per heavy atom. The smallest absolute Gasteiger partial charge is 0.236 e. The van der Waals surface area contributed by atoms with Gasteiger partial charge in [-0.25, -0.2) is 0 Å². The van der Waals surface area contributed by atoms with Crippen molar-refractivity contribution in [1.29, 1.82) is 0 Å². The second-order valence-corrected chi connectivity index (χ2v) is 19.4. The van der Waals surface area contributed by atoms with Gasteiger partial charge in [-0.3, -0.25) is 9.59 Å². The second kappa shape index (κ2) is 22.0. The van der Waals surface area contributed by atoms with E-state index in [4.69, 9.17) is 18.9 Å². The highest BCUT2D eigenvalue weighted by molar-refractivity contribution is 6.06. The molecule has 1 fully saturated rings. The first kappa shape index (κ1) is 50.3. The first-order chi connectivity index (χ1) is 35.5. The van der Waals surface area contributed by atoms with Gasteiger partial charge in [-0.1, -0.05) is 171 Å². The van der Waals surface area contributed by atoms with Gasteiger partial charge in [0.05, 0.1) is 51.7 Å². The number of ether oxygens (including phenoxy) is 4. The number of amides is 2. The Kier molecular flexibility index (Phi) is 15.1. The summed E-state index contributed by atoms with van der Waals surface area (Å²) in [5, 5.41) is 38.0. The van der Waals surface area contributed by atoms with Gasteiger partial charge in [0.15, 0.2) is 0 Å². The first-order valence-electron chi connectivity index (χ1n) is 25.0. The van der Waals surface area contributed by atoms with E-state index in [1.165, 1.54) is 0 Å². The average Bonchev–Trinajstić information content (AvgIpc) is 3.94. The van der Waals surface area contributed by atoms with E-state index in [2.05, 4.69) is 10.6 Å². The molecular weight excluding hydrogens is 913 g/mol. The Labute approximate surface area is 427 Å². The highest BCUT2D eigenvalue weighted by atomic mass is 16.5. The summed E-state index contributed by atoms with van der Waals surface area (Å²) in [5.74, 6) is 1.31. The lowest BCUT2D eigenvalue weighted by Crippen LogP contribution is -2.58. The van der Waals surface area contributed by atoms with Crippen molar-refractivity contribution in [3.63, 3.8) is 0 Å². The molecule has 0 spiro atoms. The number of benzene rings is 8. The topological polar surface area (TPSA) is 136 Å². The summed E-state index contributed by atoms with van der Waals surface area (Å²) in [7, 11) is 6.40. The van der Waals surface area contributed by atoms with Crippen LogP contribution in [0.4, 0.5) is 0 Å². The van der Waals surface area contributed by atoms with E-state index < -0.39 is 40.5 Å². The van der Waals surface area contributed by atoms with Gasteiger partial charge in [-0.05, 0) is 92.0 Å². The lowest BCUT2D eigenvalue weighted by Gasteiger charge is -2.42. The fourth-order valence-corrected chi connectivity index (χ4v) is 11.3. The van der Waals surface area contributed by atoms with E-state index >= 15 is 9.59 Å². The number of fused-ring (bicyclic) bond motifs is 2. The number of hydrogen-bond donors (Lipinski definition) is 4. The average molecular weight is 977 g/mol. The van der Waals surface area contributed by atoms with Crippen molar-refractivity contribution < 1.29 is 38.7 Å². The summed E-state index contributed by atoms with van der Waals surface area (Å²) >= 11 is 0. The molecule has 0 unspecified atom stereocenters. The SMILES string of the molecule is COc1ccccc1CC(O)(Cc1ccccc1OC)[C@@H](NC(=O)C1(C(=O)N[C@@H](c2cccc3ccccc23)C(O)(Cc2ccccc2OC)Cc2ccccc2OC)CCCC1)c1cccc2ccccc12. The summed E-state index contributed by atoms with van der Waals surface area (Å²) in [6.07, 6.45) is 1.94. The van der Waals surface area contributed by atoms with Crippen LogP contribution in [-0.4, -0.2) is 61.7 Å². The summed E-state index contributed by atoms with van der Waals surface area (Å²) in [5.41, 5.74) is -0.793. The zero-order valence-corrected chi connectivity index (χ0v) is 42.0. The molecule has 0 aromatic heterocycles. The van der Waals surface area contributed by atoms with Crippen LogP contribution in [0.25, 0.3) is 21.5 Å². The molecule has 0 heterocycles. The summed E-state index contributed by atoms with van der Waals surface area (Å²) in [6, 6.07) is 55.7. The predicted molar refractivity (Wildman–Crippen MR) is 287 cm³/mol. The Bertz CT molecular complexity index is 2900. The van der Waals surface area contributed by atoms with Gasteiger partial charge in [0, 0.05) is 25.7 Å². The highest BCUT2D eigenvalue weighted by Crippen LogP contribution is 2.46. The zero-order valence-electron chi connectivity index (χ0n) is 42.0. The third kappa shape index (κ3) is 10.4. The van der Waals surface area contributed by atoms with Crippen LogP contribution < -0.4 is 29.6 Å². The summed E-state index contributed by atoms with van der Waals surface area (Å²) in [6.45, 7) is 0. The quantitative estimate of drug-likeness (QED) is 0.0555. The fraction of sp³-hybridized carbons (Fsp3) is 0.270. The van der Waals surface area contributed by atoms with Crippen molar-refractivity contribution in [2.75, 3.05) is 28.4 Å². The van der Waals surface area contributed by atoms with Gasteiger partial charge < -0.3 is 39.8 Å². The van der Waals surface area contributed by atoms with Crippen LogP contribution in [0.3, 0.4) is 0 Å². The maximum absolute atomic E-state index is 16.0. The van der Waals surface area contributed by atoms with Gasteiger partial charge in [0.1, 0.15) is 28.4 Å². The normalized spacial score (nSPS) is 14.3. The van der Waals surface area contributed by atoms with Crippen LogP contribution in [0, 0.1) is 5.41 Å². The van der Waals surface area contributed by atoms with Gasteiger partial charge in [-0.2, -0.15) is 0 Å². The van der Waals surface area contributed by atoms with Crippen molar-refractivity contribution in [3.8, 4) is 23.0 Å². The van der Waals surface area contributed by atoms with E-state index in [1.54, 1.807) is 28.4 Å². The number of aliphatic hydroxyl groups is 2. The molecule has 4 N–H and O–H groups in total. The molecule has 1 aliphatic carbocycles. The number of carbonyl (C=O) groups excluding carboxylic acids is 2. The number of para-hydroxylation sites is 4. The minimum absolute atomic E-state index is 0.0600. The molecule has 2 atom stereocenters. The number of carbonyl (C=O) groups is 2. The number of methoxy groups -OCH3 is 4. The lowest BCUT2D eigenvalue weighted by molar-refractivity contribution is -0.147. The third-order valence-electron chi connectivity index (χ3n) is 15.0. The molecule has 8 aromatic rings. The first-order valence-corrected chi connectivity index (χ1v) is 25.0. The van der Waals surface area contributed by atoms with Crippen molar-refractivity contribution in [2.24, 2.45) is 5.41 Å². The van der Waals surface area contributed by atoms with E-state index in [1.807, 2.05) is 182 Å². The summed E-state index contributed by atoms with van der Waals surface area (Å²) in [4.78, 5) is 32.1. The minimum Gasteiger partial charge on any atom is -0.496 e. The number of nitrogens with one attached hydrogen (secondary N) is 2. The Morgan fingerprint density at radius 1 is 0.438 bits per heavy atom. The molecule has 0 aliphatic heterocycles. The zero-order chi connectivity index (χ0) is 51.0. The van der Waals surface area contributed by atoms with Crippen LogP contribution in [0.15, 0.2) is 182 Å². The van der Waals surface area contributed by atoms with E-state index in [0.717, 1.165) is 43.8 Å². The molecule has 9 rings (SSSR count). The molecule has 10 heteroatoms. The minimum atomic E-state index is -1.74. The molecule has 2 amide bonds. The Morgan fingerprint density at radius 2 is 0.726 bits per heavy atom. The Balaban J connectivity index is 1.19. The maximum atomic E-state index is 16.0. The Hall–Kier alpha value is -7.66. The van der Waals surface area contributed by atoms with Crippen LogP contribution in [-0.2, 0) is 35.3 Å². The van der Waals surface area contributed by atoms with Crippen molar-refractivity contribution in [3.05, 3.63) is 215 Å². The molecule has 0 radical (unpaired) electrons. The van der Waals surface area contributed by atoms with Crippen LogP contribution >= 0.6 is 0 Å². The van der Waals surface area contributed by atoms with E-state index in [0.29, 0.717) is 47.0 Å². The third-order valence-corrected chi connectivity index (χ3v) is 15.0. The molecule has 0 bridgehead atoms. The maximum Gasteiger partial charge on any atom is 0.236 e. The lowest BCUT2D eigenvalue weighted by atomic mass is 9.75. The predicted octanol–water partition coefficient (Wildman–Crippen LogP) is 11.0. The van der Waals surface area contributed by atoms with Crippen molar-refractivity contribution in [1.82, 2.24) is 10.6 Å². The number of rotatable bonds is 20. The highest BCUT2D eigenvalue weighted by Gasteiger charge is 2.53. The number of hydrogen-bond acceptors (Lipinski definition) is 8. The largest absolute Gasteiger partial charge is 0.496 e. The molecule has 1 aliphatic rings. The van der Waals surface area contributed by atoms with Gasteiger partial charge >= 0.3 is 0 Å². The van der Waals surface area contributed by atoms with Crippen LogP contribution in [0.5, 0.6) is 23.0 Å². The monoisotopic (exact) mass is 976 g/mol. The van der Waals surface area contributed by atoms with Crippen LogP contribution in [0.1, 0.15) is 71.1 Å². The molecule has 1 saturated carbocycles. The second-order valence-electron chi connectivity index (χ2n) is 19.4. The van der Waals surface area contributed by atoms with Gasteiger partial charge in [-0.15, -0.1) is 0 Å². The van der Waals surface area contributed by atoms with E-state index in [9.17, 15) is 10.2 Å². The van der Waals surface area contributed by atoms with Crippen LogP contribution in [0.2, 0.25) is 0 Å². The standard InChI is InChI=1S/C63H64N2O8/c1-70-53-33-13-7-23-45(53)39-62(68,40-46-24-8-14-34-54(46)71-2)57(51-31-19-27-43-21-5-11-29-49(43)51)64-59(66)61(37-17-18-38-61)60(67)65-58(52-32-20-28-44-22-6-12-30-50(44)52)63(69,41-47-25-9-15-35-55(47)72-3)42-48-26-10-16-36-56(48)73-4/h5-16,19-36,57-58,68-69H,17-18,37-42H2,1-4H3,(H,64,66)(H,65,67)/t57-,58-/m0/s1. The fourth-order valence-electron chi connectivity index (χ4n) is 11.3. The van der Waals surface area contributed by atoms with Crippen molar-refractivity contribution in [2.45, 2.75) is 74.7 Å². The summed E-state index contributed by atoms with van der Waals surface area (Å²) < 4.78 is 23.5. The molecule has 374 valence electrons. The molecule has 10 nitrogen and oxygen atoms in total. The van der Waals surface area contributed by atoms with Gasteiger partial charge in [0.2, 0.25) is 11.8 Å². The molecular formula is C63H64N2O8. The van der Waals surface area contributed by atoms with E-state index in [-0.39, 0.29) is 38.5 Å². The van der Waals surface area contributed by atoms with Crippen molar-refractivity contribution >= 4 is 33.4 Å². The van der Waals surface area contributed by atoms with Gasteiger partial charge in [0.25, 0.3) is 0 Å². The molecule has 73 heavy (non-hydrogen) atoms.